The zero-order valence-electron chi connectivity index (χ0n) is 10.3. The average molecular weight is 231 g/mol. The molecule has 2 aliphatic rings. The minimum absolute atomic E-state index is 0.851. The second-order valence-electron chi connectivity index (χ2n) is 5.30. The smallest absolute Gasteiger partial charge is 0.128 e. The Hall–Kier alpha value is -1.09. The summed E-state index contributed by atoms with van der Waals surface area (Å²) in [5.41, 5.74) is 0. The third kappa shape index (κ3) is 2.97. The third-order valence-electron chi connectivity index (χ3n) is 3.86. The van der Waals surface area contributed by atoms with E-state index in [4.69, 9.17) is 0 Å². The summed E-state index contributed by atoms with van der Waals surface area (Å²) in [6.07, 6.45) is 7.28. The fourth-order valence-corrected chi connectivity index (χ4v) is 2.53. The van der Waals surface area contributed by atoms with Gasteiger partial charge in [0.1, 0.15) is 5.82 Å². The SMILES string of the molecule is c1ccc(N2CCC(CNC3CC3)CC2)nc1. The highest BCUT2D eigenvalue weighted by Crippen LogP contribution is 2.23. The summed E-state index contributed by atoms with van der Waals surface area (Å²) < 4.78 is 0. The van der Waals surface area contributed by atoms with Crippen LogP contribution < -0.4 is 10.2 Å². The number of hydrogen-bond acceptors (Lipinski definition) is 3. The molecule has 0 atom stereocenters. The first-order valence-electron chi connectivity index (χ1n) is 6.81. The van der Waals surface area contributed by atoms with Gasteiger partial charge in [-0.15, -0.1) is 0 Å². The lowest BCUT2D eigenvalue weighted by atomic mass is 9.97. The van der Waals surface area contributed by atoms with Crippen molar-refractivity contribution in [3.63, 3.8) is 0 Å². The lowest BCUT2D eigenvalue weighted by molar-refractivity contribution is 0.381. The molecule has 1 aliphatic carbocycles. The molecular formula is C14H21N3. The van der Waals surface area contributed by atoms with Gasteiger partial charge in [0, 0.05) is 25.3 Å². The summed E-state index contributed by atoms with van der Waals surface area (Å²) in [6.45, 7) is 3.54. The predicted octanol–water partition coefficient (Wildman–Crippen LogP) is 2.05. The number of piperidine rings is 1. The Morgan fingerprint density at radius 2 is 2.00 bits per heavy atom. The van der Waals surface area contributed by atoms with Gasteiger partial charge in [-0.3, -0.25) is 0 Å². The molecule has 0 bridgehead atoms. The molecule has 0 amide bonds. The number of nitrogens with one attached hydrogen (secondary N) is 1. The molecule has 2 heterocycles. The lowest BCUT2D eigenvalue weighted by Gasteiger charge is -2.32. The zero-order chi connectivity index (χ0) is 11.5. The van der Waals surface area contributed by atoms with Crippen molar-refractivity contribution in [2.75, 3.05) is 24.5 Å². The van der Waals surface area contributed by atoms with Gasteiger partial charge in [-0.2, -0.15) is 0 Å². The van der Waals surface area contributed by atoms with Gasteiger partial charge in [-0.25, -0.2) is 4.98 Å². The van der Waals surface area contributed by atoms with E-state index in [0.29, 0.717) is 0 Å². The van der Waals surface area contributed by atoms with E-state index in [-0.39, 0.29) is 0 Å². The van der Waals surface area contributed by atoms with Crippen LogP contribution in [0.5, 0.6) is 0 Å². The second-order valence-corrected chi connectivity index (χ2v) is 5.30. The van der Waals surface area contributed by atoms with Crippen molar-refractivity contribution >= 4 is 5.82 Å². The molecule has 3 heteroatoms. The molecule has 3 nitrogen and oxygen atoms in total. The minimum Gasteiger partial charge on any atom is -0.357 e. The van der Waals surface area contributed by atoms with Crippen LogP contribution in [0.4, 0.5) is 5.82 Å². The van der Waals surface area contributed by atoms with Crippen molar-refractivity contribution in [1.82, 2.24) is 10.3 Å². The summed E-state index contributed by atoms with van der Waals surface area (Å²) in [6, 6.07) is 7.02. The number of nitrogens with zero attached hydrogens (tertiary/aromatic N) is 2. The maximum atomic E-state index is 4.42. The topological polar surface area (TPSA) is 28.2 Å². The van der Waals surface area contributed by atoms with Gasteiger partial charge in [0.05, 0.1) is 0 Å². The number of aromatic nitrogens is 1. The summed E-state index contributed by atoms with van der Waals surface area (Å²) in [5.74, 6) is 2.01. The molecule has 17 heavy (non-hydrogen) atoms. The summed E-state index contributed by atoms with van der Waals surface area (Å²) in [5, 5.41) is 3.65. The first-order valence-corrected chi connectivity index (χ1v) is 6.81. The van der Waals surface area contributed by atoms with Crippen LogP contribution in [0.25, 0.3) is 0 Å². The monoisotopic (exact) mass is 231 g/mol. The summed E-state index contributed by atoms with van der Waals surface area (Å²) in [7, 11) is 0. The van der Waals surface area contributed by atoms with Crippen molar-refractivity contribution in [3.05, 3.63) is 24.4 Å². The molecule has 2 fully saturated rings. The predicted molar refractivity (Wildman–Crippen MR) is 70.2 cm³/mol. The molecule has 1 aromatic heterocycles. The van der Waals surface area contributed by atoms with Gasteiger partial charge in [-0.1, -0.05) is 6.07 Å². The summed E-state index contributed by atoms with van der Waals surface area (Å²) >= 11 is 0. The Bertz CT molecular complexity index is 340. The third-order valence-corrected chi connectivity index (χ3v) is 3.86. The molecule has 0 aromatic carbocycles. The van der Waals surface area contributed by atoms with Gasteiger partial charge in [0.25, 0.3) is 0 Å². The van der Waals surface area contributed by atoms with Crippen LogP contribution >= 0.6 is 0 Å². The van der Waals surface area contributed by atoms with Crippen molar-refractivity contribution < 1.29 is 0 Å². The Morgan fingerprint density at radius 3 is 2.65 bits per heavy atom. The number of anilines is 1. The van der Waals surface area contributed by atoms with Crippen molar-refractivity contribution in [3.8, 4) is 0 Å². The van der Waals surface area contributed by atoms with E-state index in [0.717, 1.165) is 30.9 Å². The van der Waals surface area contributed by atoms with Crippen molar-refractivity contribution in [1.29, 1.82) is 0 Å². The molecule has 1 saturated carbocycles. The molecule has 1 saturated heterocycles. The lowest BCUT2D eigenvalue weighted by Crippen LogP contribution is -2.38. The highest BCUT2D eigenvalue weighted by molar-refractivity contribution is 5.37. The normalized spacial score (nSPS) is 21.8. The Labute approximate surface area is 103 Å². The highest BCUT2D eigenvalue weighted by atomic mass is 15.2. The van der Waals surface area contributed by atoms with Crippen LogP contribution in [0.15, 0.2) is 24.4 Å². The van der Waals surface area contributed by atoms with Crippen LogP contribution in [-0.2, 0) is 0 Å². The Kier molecular flexibility index (Phi) is 3.27. The van der Waals surface area contributed by atoms with E-state index < -0.39 is 0 Å². The minimum atomic E-state index is 0.851. The van der Waals surface area contributed by atoms with Gasteiger partial charge in [0.2, 0.25) is 0 Å². The number of pyridine rings is 1. The zero-order valence-corrected chi connectivity index (χ0v) is 10.3. The first-order chi connectivity index (χ1) is 8.42. The van der Waals surface area contributed by atoms with Gasteiger partial charge in [0.15, 0.2) is 0 Å². The number of hydrogen-bond donors (Lipinski definition) is 1. The number of rotatable bonds is 4. The van der Waals surface area contributed by atoms with E-state index in [2.05, 4.69) is 27.3 Å². The molecular weight excluding hydrogens is 210 g/mol. The highest BCUT2D eigenvalue weighted by Gasteiger charge is 2.24. The van der Waals surface area contributed by atoms with E-state index in [9.17, 15) is 0 Å². The van der Waals surface area contributed by atoms with Gasteiger partial charge in [-0.05, 0) is 50.3 Å². The molecule has 0 spiro atoms. The van der Waals surface area contributed by atoms with Gasteiger partial charge >= 0.3 is 0 Å². The van der Waals surface area contributed by atoms with Crippen LogP contribution in [-0.4, -0.2) is 30.7 Å². The first kappa shape index (κ1) is 11.0. The fraction of sp³-hybridized carbons (Fsp3) is 0.643. The van der Waals surface area contributed by atoms with Crippen LogP contribution in [0.2, 0.25) is 0 Å². The quantitative estimate of drug-likeness (QED) is 0.859. The second kappa shape index (κ2) is 5.05. The molecule has 0 unspecified atom stereocenters. The molecule has 1 aliphatic heterocycles. The van der Waals surface area contributed by atoms with Crippen molar-refractivity contribution in [2.24, 2.45) is 5.92 Å². The largest absolute Gasteiger partial charge is 0.357 e. The molecule has 0 radical (unpaired) electrons. The molecule has 1 N–H and O–H groups in total. The van der Waals surface area contributed by atoms with Gasteiger partial charge < -0.3 is 10.2 Å². The average Bonchev–Trinajstić information content (AvgIpc) is 3.22. The summed E-state index contributed by atoms with van der Waals surface area (Å²) in [4.78, 5) is 6.83. The van der Waals surface area contributed by atoms with E-state index in [1.54, 1.807) is 0 Å². The fourth-order valence-electron chi connectivity index (χ4n) is 2.53. The molecule has 92 valence electrons. The molecule has 3 rings (SSSR count). The van der Waals surface area contributed by atoms with E-state index >= 15 is 0 Å². The Morgan fingerprint density at radius 1 is 1.18 bits per heavy atom. The maximum absolute atomic E-state index is 4.42. The van der Waals surface area contributed by atoms with Crippen LogP contribution in [0.1, 0.15) is 25.7 Å². The Balaban J connectivity index is 1.46. The maximum Gasteiger partial charge on any atom is 0.128 e. The van der Waals surface area contributed by atoms with E-state index in [1.807, 2.05) is 12.3 Å². The standard InChI is InChI=1S/C14H21N3/c1-2-8-15-14(3-1)17-9-6-12(7-10-17)11-16-13-4-5-13/h1-3,8,12-13,16H,4-7,9-11H2. The van der Waals surface area contributed by atoms with E-state index in [1.165, 1.54) is 32.2 Å². The van der Waals surface area contributed by atoms with Crippen molar-refractivity contribution in [2.45, 2.75) is 31.7 Å². The van der Waals surface area contributed by atoms with Crippen LogP contribution in [0.3, 0.4) is 0 Å². The molecule has 1 aromatic rings. The van der Waals surface area contributed by atoms with Crippen LogP contribution in [0, 0.1) is 5.92 Å².